The molecule has 0 bridgehead atoms. The molecule has 1 atom stereocenters. The number of rotatable bonds is 3. The lowest BCUT2D eigenvalue weighted by molar-refractivity contribution is 0.186. The quantitative estimate of drug-likeness (QED) is 0.733. The van der Waals surface area contributed by atoms with Gasteiger partial charge in [-0.25, -0.2) is 4.39 Å². The van der Waals surface area contributed by atoms with Crippen molar-refractivity contribution in [2.24, 2.45) is 5.73 Å². The molecule has 3 N–H and O–H groups in total. The Morgan fingerprint density at radius 3 is 2.85 bits per heavy atom. The van der Waals surface area contributed by atoms with Gasteiger partial charge in [0, 0.05) is 6.54 Å². The molecule has 3 nitrogen and oxygen atoms in total. The molecule has 0 radical (unpaired) electrons. The first-order valence-corrected chi connectivity index (χ1v) is 3.90. The Balaban J connectivity index is 2.99. The number of benzene rings is 1. The Hall–Kier alpha value is -1.13. The SMILES string of the molecule is COc1cc([C@H](O)CN)ccc1F. The molecule has 4 heteroatoms. The molecule has 1 aromatic rings. The number of methoxy groups -OCH3 is 1. The van der Waals surface area contributed by atoms with Gasteiger partial charge < -0.3 is 15.6 Å². The Labute approximate surface area is 75.9 Å². The third-order valence-electron chi connectivity index (χ3n) is 1.78. The summed E-state index contributed by atoms with van der Waals surface area (Å²) in [7, 11) is 1.37. The summed E-state index contributed by atoms with van der Waals surface area (Å²) < 4.78 is 17.7. The lowest BCUT2D eigenvalue weighted by Crippen LogP contribution is -2.11. The van der Waals surface area contributed by atoms with Gasteiger partial charge in [-0.2, -0.15) is 0 Å². The smallest absolute Gasteiger partial charge is 0.165 e. The molecule has 0 unspecified atom stereocenters. The second-order valence-corrected chi connectivity index (χ2v) is 2.65. The van der Waals surface area contributed by atoms with Crippen LogP contribution >= 0.6 is 0 Å². The Morgan fingerprint density at radius 2 is 2.31 bits per heavy atom. The molecular formula is C9H12FNO2. The normalized spacial score (nSPS) is 12.6. The van der Waals surface area contributed by atoms with Crippen LogP contribution < -0.4 is 10.5 Å². The van der Waals surface area contributed by atoms with E-state index < -0.39 is 11.9 Å². The van der Waals surface area contributed by atoms with Crippen LogP contribution in [0.1, 0.15) is 11.7 Å². The molecule has 1 aromatic carbocycles. The van der Waals surface area contributed by atoms with E-state index in [1.807, 2.05) is 0 Å². The van der Waals surface area contributed by atoms with Gasteiger partial charge in [0.05, 0.1) is 13.2 Å². The van der Waals surface area contributed by atoms with E-state index in [4.69, 9.17) is 10.5 Å². The first-order valence-electron chi connectivity index (χ1n) is 3.90. The maximum absolute atomic E-state index is 12.9. The van der Waals surface area contributed by atoms with E-state index in [0.717, 1.165) is 0 Å². The predicted octanol–water partition coefficient (Wildman–Crippen LogP) is 0.826. The largest absolute Gasteiger partial charge is 0.494 e. The predicted molar refractivity (Wildman–Crippen MR) is 47.0 cm³/mol. The van der Waals surface area contributed by atoms with Gasteiger partial charge in [-0.3, -0.25) is 0 Å². The number of aliphatic hydroxyl groups is 1. The van der Waals surface area contributed by atoms with E-state index in [-0.39, 0.29) is 12.3 Å². The third-order valence-corrected chi connectivity index (χ3v) is 1.78. The molecular weight excluding hydrogens is 173 g/mol. The monoisotopic (exact) mass is 185 g/mol. The van der Waals surface area contributed by atoms with E-state index in [9.17, 15) is 9.50 Å². The number of halogens is 1. The zero-order valence-electron chi connectivity index (χ0n) is 7.33. The van der Waals surface area contributed by atoms with Crippen LogP contribution in [0, 0.1) is 5.82 Å². The van der Waals surface area contributed by atoms with E-state index in [2.05, 4.69) is 0 Å². The summed E-state index contributed by atoms with van der Waals surface area (Å²) in [6.45, 7) is 0.106. The first kappa shape index (κ1) is 9.95. The summed E-state index contributed by atoms with van der Waals surface area (Å²) in [4.78, 5) is 0. The Morgan fingerprint density at radius 1 is 1.62 bits per heavy atom. The minimum Gasteiger partial charge on any atom is -0.494 e. The van der Waals surface area contributed by atoms with Crippen molar-refractivity contribution in [1.82, 2.24) is 0 Å². The molecule has 72 valence electrons. The van der Waals surface area contributed by atoms with Crippen molar-refractivity contribution in [1.29, 1.82) is 0 Å². The molecule has 13 heavy (non-hydrogen) atoms. The maximum atomic E-state index is 12.9. The van der Waals surface area contributed by atoms with Crippen molar-refractivity contribution in [2.75, 3.05) is 13.7 Å². The molecule has 0 fully saturated rings. The minimum absolute atomic E-state index is 0.106. The van der Waals surface area contributed by atoms with Crippen LogP contribution in [0.4, 0.5) is 4.39 Å². The average Bonchev–Trinajstić information content (AvgIpc) is 2.17. The van der Waals surface area contributed by atoms with Gasteiger partial charge in [-0.15, -0.1) is 0 Å². The Kier molecular flexibility index (Phi) is 3.22. The highest BCUT2D eigenvalue weighted by molar-refractivity contribution is 5.31. The van der Waals surface area contributed by atoms with Crippen LogP contribution in [0.15, 0.2) is 18.2 Å². The van der Waals surface area contributed by atoms with Crippen LogP contribution in [-0.2, 0) is 0 Å². The summed E-state index contributed by atoms with van der Waals surface area (Å²) in [5, 5.41) is 9.34. The van der Waals surface area contributed by atoms with Crippen molar-refractivity contribution in [3.63, 3.8) is 0 Å². The van der Waals surface area contributed by atoms with E-state index in [0.29, 0.717) is 5.56 Å². The lowest BCUT2D eigenvalue weighted by atomic mass is 10.1. The standard InChI is InChI=1S/C9H12FNO2/c1-13-9-4-6(8(12)5-11)2-3-7(9)10/h2-4,8,12H,5,11H2,1H3/t8-/m1/s1. The van der Waals surface area contributed by atoms with Crippen molar-refractivity contribution in [2.45, 2.75) is 6.10 Å². The second kappa shape index (κ2) is 4.20. The highest BCUT2D eigenvalue weighted by Crippen LogP contribution is 2.21. The molecule has 1 rings (SSSR count). The fraction of sp³-hybridized carbons (Fsp3) is 0.333. The van der Waals surface area contributed by atoms with Gasteiger partial charge in [0.2, 0.25) is 0 Å². The summed E-state index contributed by atoms with van der Waals surface area (Å²) in [5.74, 6) is -0.333. The number of ether oxygens (including phenoxy) is 1. The van der Waals surface area contributed by atoms with Crippen molar-refractivity contribution in [3.8, 4) is 5.75 Å². The topological polar surface area (TPSA) is 55.5 Å². The zero-order valence-corrected chi connectivity index (χ0v) is 7.33. The number of hydrogen-bond acceptors (Lipinski definition) is 3. The van der Waals surface area contributed by atoms with E-state index in [1.165, 1.54) is 25.3 Å². The zero-order chi connectivity index (χ0) is 9.84. The summed E-state index contributed by atoms with van der Waals surface area (Å²) in [6.07, 6.45) is -0.769. The number of aliphatic hydroxyl groups excluding tert-OH is 1. The van der Waals surface area contributed by atoms with Gasteiger partial charge in [0.1, 0.15) is 0 Å². The van der Waals surface area contributed by atoms with E-state index in [1.54, 1.807) is 0 Å². The highest BCUT2D eigenvalue weighted by Gasteiger charge is 2.08. The molecule has 0 saturated heterocycles. The molecule has 0 amide bonds. The lowest BCUT2D eigenvalue weighted by Gasteiger charge is -2.09. The molecule has 0 heterocycles. The first-order chi connectivity index (χ1) is 6.19. The van der Waals surface area contributed by atoms with Gasteiger partial charge in [0.15, 0.2) is 11.6 Å². The van der Waals surface area contributed by atoms with Crippen LogP contribution in [0.3, 0.4) is 0 Å². The summed E-state index contributed by atoms with van der Waals surface area (Å²) >= 11 is 0. The average molecular weight is 185 g/mol. The highest BCUT2D eigenvalue weighted by atomic mass is 19.1. The van der Waals surface area contributed by atoms with Crippen molar-refractivity contribution >= 4 is 0 Å². The molecule has 0 aliphatic heterocycles. The number of hydrogen-bond donors (Lipinski definition) is 2. The fourth-order valence-corrected chi connectivity index (χ4v) is 1.02. The van der Waals surface area contributed by atoms with Crippen LogP contribution in [0.5, 0.6) is 5.75 Å². The van der Waals surface area contributed by atoms with E-state index >= 15 is 0 Å². The molecule has 0 spiro atoms. The van der Waals surface area contributed by atoms with Gasteiger partial charge in [-0.05, 0) is 17.7 Å². The van der Waals surface area contributed by atoms with Crippen LogP contribution in [-0.4, -0.2) is 18.8 Å². The molecule has 0 saturated carbocycles. The maximum Gasteiger partial charge on any atom is 0.165 e. The Bertz CT molecular complexity index is 291. The van der Waals surface area contributed by atoms with Crippen molar-refractivity contribution < 1.29 is 14.2 Å². The second-order valence-electron chi connectivity index (χ2n) is 2.65. The summed E-state index contributed by atoms with van der Waals surface area (Å²) in [5.41, 5.74) is 5.81. The molecule has 0 aromatic heterocycles. The summed E-state index contributed by atoms with van der Waals surface area (Å²) in [6, 6.07) is 4.16. The molecule has 0 aliphatic carbocycles. The fourth-order valence-electron chi connectivity index (χ4n) is 1.02. The van der Waals surface area contributed by atoms with Crippen LogP contribution in [0.25, 0.3) is 0 Å². The van der Waals surface area contributed by atoms with Gasteiger partial charge in [-0.1, -0.05) is 6.07 Å². The number of nitrogens with two attached hydrogens (primary N) is 1. The van der Waals surface area contributed by atoms with Crippen molar-refractivity contribution in [3.05, 3.63) is 29.6 Å². The minimum atomic E-state index is -0.769. The molecule has 0 aliphatic rings. The van der Waals surface area contributed by atoms with Crippen LogP contribution in [0.2, 0.25) is 0 Å². The van der Waals surface area contributed by atoms with Gasteiger partial charge in [0.25, 0.3) is 0 Å². The van der Waals surface area contributed by atoms with Gasteiger partial charge >= 0.3 is 0 Å². The third kappa shape index (κ3) is 2.17.